The number of carbonyl (C=O) groups is 1. The zero-order valence-electron chi connectivity index (χ0n) is 13.1. The van der Waals surface area contributed by atoms with Gasteiger partial charge in [-0.25, -0.2) is 15.0 Å². The van der Waals surface area contributed by atoms with Crippen molar-refractivity contribution in [1.29, 1.82) is 0 Å². The van der Waals surface area contributed by atoms with E-state index in [1.807, 2.05) is 18.2 Å². The van der Waals surface area contributed by atoms with Crippen LogP contribution in [0, 0.1) is 5.92 Å². The van der Waals surface area contributed by atoms with Crippen LogP contribution in [0.15, 0.2) is 43.0 Å². The molecule has 1 amide bonds. The van der Waals surface area contributed by atoms with Crippen molar-refractivity contribution >= 4 is 28.6 Å². The minimum Gasteiger partial charge on any atom is -0.345 e. The lowest BCUT2D eigenvalue weighted by molar-refractivity contribution is -0.120. The molecule has 24 heavy (non-hydrogen) atoms. The van der Waals surface area contributed by atoms with Crippen molar-refractivity contribution in [1.82, 2.24) is 19.9 Å². The van der Waals surface area contributed by atoms with Crippen LogP contribution >= 0.6 is 0 Å². The Kier molecular flexibility index (Phi) is 3.82. The summed E-state index contributed by atoms with van der Waals surface area (Å²) in [5.74, 6) is 0.618. The quantitative estimate of drug-likeness (QED) is 0.772. The Hall–Kier alpha value is -2.96. The Morgan fingerprint density at radius 2 is 2.08 bits per heavy atom. The first kappa shape index (κ1) is 14.6. The standard InChI is InChI=1S/C17H18N6O/c24-16(22-14-6-1-5-13-15(14)21-11-20-13)12-4-2-9-23(10-12)17-18-7-3-8-19-17/h1,3,5-8,11-12H,2,4,9-10H2,(H,20,21)(H,22,24). The maximum Gasteiger partial charge on any atom is 0.229 e. The molecule has 122 valence electrons. The summed E-state index contributed by atoms with van der Waals surface area (Å²) >= 11 is 0. The Morgan fingerprint density at radius 1 is 1.21 bits per heavy atom. The van der Waals surface area contributed by atoms with Crippen molar-refractivity contribution in [3.63, 3.8) is 0 Å². The predicted octanol–water partition coefficient (Wildman–Crippen LogP) is 2.21. The van der Waals surface area contributed by atoms with Gasteiger partial charge in [-0.05, 0) is 31.0 Å². The zero-order chi connectivity index (χ0) is 16.4. The molecule has 1 saturated heterocycles. The van der Waals surface area contributed by atoms with E-state index < -0.39 is 0 Å². The number of H-pyrrole nitrogens is 1. The molecule has 0 saturated carbocycles. The topological polar surface area (TPSA) is 86.8 Å². The number of hydrogen-bond acceptors (Lipinski definition) is 5. The molecule has 0 spiro atoms. The van der Waals surface area contributed by atoms with Crippen LogP contribution in [0.1, 0.15) is 12.8 Å². The number of hydrogen-bond donors (Lipinski definition) is 2. The van der Waals surface area contributed by atoms with Crippen molar-refractivity contribution in [2.75, 3.05) is 23.3 Å². The van der Waals surface area contributed by atoms with E-state index in [9.17, 15) is 4.79 Å². The summed E-state index contributed by atoms with van der Waals surface area (Å²) in [5.41, 5.74) is 2.44. The van der Waals surface area contributed by atoms with Gasteiger partial charge in [-0.2, -0.15) is 0 Å². The Labute approximate surface area is 139 Å². The van der Waals surface area contributed by atoms with Gasteiger partial charge in [0.25, 0.3) is 0 Å². The highest BCUT2D eigenvalue weighted by Crippen LogP contribution is 2.24. The highest BCUT2D eigenvalue weighted by Gasteiger charge is 2.27. The number of amides is 1. The molecule has 3 heterocycles. The van der Waals surface area contributed by atoms with E-state index in [4.69, 9.17) is 0 Å². The largest absolute Gasteiger partial charge is 0.345 e. The summed E-state index contributed by atoms with van der Waals surface area (Å²) in [6.45, 7) is 1.51. The smallest absolute Gasteiger partial charge is 0.229 e. The van der Waals surface area contributed by atoms with Crippen molar-refractivity contribution < 1.29 is 4.79 Å². The van der Waals surface area contributed by atoms with Crippen molar-refractivity contribution in [2.24, 2.45) is 5.92 Å². The van der Waals surface area contributed by atoms with Gasteiger partial charge >= 0.3 is 0 Å². The lowest BCUT2D eigenvalue weighted by Crippen LogP contribution is -2.41. The van der Waals surface area contributed by atoms with E-state index in [1.54, 1.807) is 24.8 Å². The summed E-state index contributed by atoms with van der Waals surface area (Å²) in [5, 5.41) is 3.02. The van der Waals surface area contributed by atoms with E-state index in [0.29, 0.717) is 12.5 Å². The van der Waals surface area contributed by atoms with Crippen LogP contribution in [0.3, 0.4) is 0 Å². The molecule has 7 nitrogen and oxygen atoms in total. The Morgan fingerprint density at radius 3 is 2.96 bits per heavy atom. The number of fused-ring (bicyclic) bond motifs is 1. The number of para-hydroxylation sites is 1. The fourth-order valence-corrected chi connectivity index (χ4v) is 3.13. The molecule has 1 atom stereocenters. The fourth-order valence-electron chi connectivity index (χ4n) is 3.13. The lowest BCUT2D eigenvalue weighted by Gasteiger charge is -2.31. The van der Waals surface area contributed by atoms with Crippen LogP contribution in [0.2, 0.25) is 0 Å². The van der Waals surface area contributed by atoms with Gasteiger partial charge < -0.3 is 15.2 Å². The third-order valence-corrected chi connectivity index (χ3v) is 4.33. The van der Waals surface area contributed by atoms with Gasteiger partial charge in [0.05, 0.1) is 23.4 Å². The maximum absolute atomic E-state index is 12.7. The Bertz CT molecular complexity index is 846. The zero-order valence-corrected chi connectivity index (χ0v) is 13.1. The second-order valence-electron chi connectivity index (χ2n) is 5.93. The number of nitrogens with zero attached hydrogens (tertiary/aromatic N) is 4. The molecule has 0 bridgehead atoms. The minimum atomic E-state index is -0.0863. The number of nitrogens with one attached hydrogen (secondary N) is 2. The van der Waals surface area contributed by atoms with Crippen molar-refractivity contribution in [2.45, 2.75) is 12.8 Å². The molecule has 7 heteroatoms. The molecule has 1 fully saturated rings. The number of aromatic nitrogens is 4. The molecule has 1 aliphatic rings. The van der Waals surface area contributed by atoms with Crippen LogP contribution < -0.4 is 10.2 Å². The number of benzene rings is 1. The summed E-state index contributed by atoms with van der Waals surface area (Å²) in [4.78, 5) is 30.7. The normalized spacial score (nSPS) is 17.8. The lowest BCUT2D eigenvalue weighted by atomic mass is 9.97. The van der Waals surface area contributed by atoms with Crippen molar-refractivity contribution in [3.05, 3.63) is 43.0 Å². The first-order valence-electron chi connectivity index (χ1n) is 8.06. The molecular formula is C17H18N6O. The molecule has 0 aliphatic carbocycles. The van der Waals surface area contributed by atoms with Gasteiger partial charge in [0, 0.05) is 25.5 Å². The van der Waals surface area contributed by atoms with E-state index >= 15 is 0 Å². The number of carbonyl (C=O) groups excluding carboxylic acids is 1. The van der Waals surface area contributed by atoms with Crippen LogP contribution in [0.5, 0.6) is 0 Å². The molecule has 1 aromatic carbocycles. The van der Waals surface area contributed by atoms with Crippen LogP contribution in [0.4, 0.5) is 11.6 Å². The van der Waals surface area contributed by atoms with Gasteiger partial charge in [0.15, 0.2) is 0 Å². The first-order chi connectivity index (χ1) is 11.8. The predicted molar refractivity (Wildman–Crippen MR) is 91.7 cm³/mol. The summed E-state index contributed by atoms with van der Waals surface area (Å²) < 4.78 is 0. The van der Waals surface area contributed by atoms with Gasteiger partial charge in [-0.1, -0.05) is 6.07 Å². The van der Waals surface area contributed by atoms with Crippen LogP contribution in [-0.4, -0.2) is 38.9 Å². The van der Waals surface area contributed by atoms with Gasteiger partial charge in [-0.3, -0.25) is 4.79 Å². The minimum absolute atomic E-state index is 0.0196. The van der Waals surface area contributed by atoms with E-state index in [-0.39, 0.29) is 11.8 Å². The van der Waals surface area contributed by atoms with Crippen molar-refractivity contribution in [3.8, 4) is 0 Å². The third kappa shape index (κ3) is 2.80. The molecule has 3 aromatic rings. The summed E-state index contributed by atoms with van der Waals surface area (Å²) in [6, 6.07) is 7.51. The number of aromatic amines is 1. The SMILES string of the molecule is O=C(Nc1cccc2[nH]cnc12)C1CCCN(c2ncccn2)C1. The number of rotatable bonds is 3. The maximum atomic E-state index is 12.7. The summed E-state index contributed by atoms with van der Waals surface area (Å²) in [7, 11) is 0. The molecule has 1 aliphatic heterocycles. The second kappa shape index (κ2) is 6.27. The molecule has 0 radical (unpaired) electrons. The summed E-state index contributed by atoms with van der Waals surface area (Å²) in [6.07, 6.45) is 6.90. The number of anilines is 2. The average molecular weight is 322 g/mol. The highest BCUT2D eigenvalue weighted by molar-refractivity contribution is 6.00. The highest BCUT2D eigenvalue weighted by atomic mass is 16.1. The fraction of sp³-hybridized carbons (Fsp3) is 0.294. The average Bonchev–Trinajstić information content (AvgIpc) is 3.12. The number of imidazole rings is 1. The monoisotopic (exact) mass is 322 g/mol. The third-order valence-electron chi connectivity index (χ3n) is 4.33. The van der Waals surface area contributed by atoms with Gasteiger partial charge in [-0.15, -0.1) is 0 Å². The van der Waals surface area contributed by atoms with E-state index in [1.165, 1.54) is 0 Å². The molecule has 2 aromatic heterocycles. The molecule has 1 unspecified atom stereocenters. The Balaban J connectivity index is 1.49. The number of piperidine rings is 1. The van der Waals surface area contributed by atoms with Crippen LogP contribution in [0.25, 0.3) is 11.0 Å². The van der Waals surface area contributed by atoms with Crippen LogP contribution in [-0.2, 0) is 4.79 Å². The molecule has 4 rings (SSSR count). The van der Waals surface area contributed by atoms with Gasteiger partial charge in [0.2, 0.25) is 11.9 Å². The molecule has 2 N–H and O–H groups in total. The first-order valence-corrected chi connectivity index (χ1v) is 8.06. The van der Waals surface area contributed by atoms with E-state index in [2.05, 4.69) is 30.2 Å². The van der Waals surface area contributed by atoms with Gasteiger partial charge in [0.1, 0.15) is 5.52 Å². The second-order valence-corrected chi connectivity index (χ2v) is 5.93. The molecular weight excluding hydrogens is 304 g/mol. The van der Waals surface area contributed by atoms with E-state index in [0.717, 1.165) is 36.1 Å².